The molecule has 0 saturated carbocycles. The number of hydrogen-bond acceptors (Lipinski definition) is 4. The molecule has 0 radical (unpaired) electrons. The minimum Gasteiger partial charge on any atom is -0.396 e. The van der Waals surface area contributed by atoms with Crippen LogP contribution in [0.1, 0.15) is 42.1 Å². The molecule has 1 rings (SSSR count). The second-order valence-electron chi connectivity index (χ2n) is 5.14. The fourth-order valence-corrected chi connectivity index (χ4v) is 2.28. The first-order valence-electron chi connectivity index (χ1n) is 7.13. The van der Waals surface area contributed by atoms with E-state index in [-0.39, 0.29) is 24.1 Å². The summed E-state index contributed by atoms with van der Waals surface area (Å²) in [5.74, 6) is 0.00939. The fourth-order valence-electron chi connectivity index (χ4n) is 2.28. The van der Waals surface area contributed by atoms with Gasteiger partial charge in [-0.15, -0.1) is 0 Å². The van der Waals surface area contributed by atoms with Gasteiger partial charge in [0.1, 0.15) is 0 Å². The van der Waals surface area contributed by atoms with Gasteiger partial charge in [0.15, 0.2) is 0 Å². The van der Waals surface area contributed by atoms with Crippen LogP contribution in [0.2, 0.25) is 0 Å². The maximum absolute atomic E-state index is 12.0. The summed E-state index contributed by atoms with van der Waals surface area (Å²) in [5.41, 5.74) is 0.890. The van der Waals surface area contributed by atoms with Gasteiger partial charge in [-0.05, 0) is 37.8 Å². The van der Waals surface area contributed by atoms with Gasteiger partial charge in [-0.25, -0.2) is 0 Å². The smallest absolute Gasteiger partial charge is 0.272 e. The monoisotopic (exact) mass is 294 g/mol. The van der Waals surface area contributed by atoms with E-state index in [1.807, 2.05) is 0 Å². The molecule has 1 atom stereocenters. The molecule has 0 bridgehead atoms. The SMILES string of the molecule is CCC[C@@H](CCO)CNC(=O)c1ccc([N+](=O)[O-])c(C)c1. The minimum absolute atomic E-state index is 0.00990. The zero-order chi connectivity index (χ0) is 15.8. The van der Waals surface area contributed by atoms with Crippen LogP contribution in [-0.2, 0) is 0 Å². The van der Waals surface area contributed by atoms with Crippen LogP contribution in [0.15, 0.2) is 18.2 Å². The largest absolute Gasteiger partial charge is 0.396 e. The van der Waals surface area contributed by atoms with Crippen molar-refractivity contribution >= 4 is 11.6 Å². The van der Waals surface area contributed by atoms with Gasteiger partial charge in [-0.3, -0.25) is 14.9 Å². The number of aliphatic hydroxyl groups is 1. The molecule has 0 saturated heterocycles. The standard InChI is InChI=1S/C15H22N2O4/c1-3-4-12(7-8-18)10-16-15(19)13-5-6-14(17(20)21)11(2)9-13/h5-6,9,12,18H,3-4,7-8,10H2,1-2H3,(H,16,19)/t12-/m0/s1. The lowest BCUT2D eigenvalue weighted by Crippen LogP contribution is -2.29. The highest BCUT2D eigenvalue weighted by Gasteiger charge is 2.15. The van der Waals surface area contributed by atoms with Gasteiger partial charge in [0, 0.05) is 30.3 Å². The van der Waals surface area contributed by atoms with Gasteiger partial charge in [-0.2, -0.15) is 0 Å². The van der Waals surface area contributed by atoms with Crippen LogP contribution >= 0.6 is 0 Å². The van der Waals surface area contributed by atoms with Crippen molar-refractivity contribution in [2.24, 2.45) is 5.92 Å². The van der Waals surface area contributed by atoms with E-state index in [9.17, 15) is 14.9 Å². The summed E-state index contributed by atoms with van der Waals surface area (Å²) in [6.45, 7) is 4.28. The van der Waals surface area contributed by atoms with Crippen LogP contribution in [-0.4, -0.2) is 29.1 Å². The zero-order valence-electron chi connectivity index (χ0n) is 12.5. The van der Waals surface area contributed by atoms with Crippen molar-refractivity contribution in [1.82, 2.24) is 5.32 Å². The first-order valence-corrected chi connectivity index (χ1v) is 7.13. The number of amides is 1. The maximum Gasteiger partial charge on any atom is 0.272 e. The lowest BCUT2D eigenvalue weighted by atomic mass is 10.00. The molecule has 0 aliphatic carbocycles. The van der Waals surface area contributed by atoms with E-state index >= 15 is 0 Å². The Kier molecular flexibility index (Phi) is 6.81. The van der Waals surface area contributed by atoms with Crippen molar-refractivity contribution in [1.29, 1.82) is 0 Å². The Morgan fingerprint density at radius 3 is 2.67 bits per heavy atom. The lowest BCUT2D eigenvalue weighted by Gasteiger charge is -2.15. The summed E-state index contributed by atoms with van der Waals surface area (Å²) in [4.78, 5) is 22.3. The molecular formula is C15H22N2O4. The Morgan fingerprint density at radius 2 is 2.14 bits per heavy atom. The van der Waals surface area contributed by atoms with E-state index in [1.165, 1.54) is 18.2 Å². The first kappa shape index (κ1) is 17.1. The van der Waals surface area contributed by atoms with Gasteiger partial charge < -0.3 is 10.4 Å². The number of carbonyl (C=O) groups excluding carboxylic acids is 1. The minimum atomic E-state index is -0.463. The molecule has 1 amide bonds. The van der Waals surface area contributed by atoms with Crippen molar-refractivity contribution in [3.63, 3.8) is 0 Å². The molecule has 1 aromatic carbocycles. The van der Waals surface area contributed by atoms with Crippen molar-refractivity contribution in [3.05, 3.63) is 39.4 Å². The summed E-state index contributed by atoms with van der Waals surface area (Å²) in [6, 6.07) is 4.33. The predicted molar refractivity (Wildman–Crippen MR) is 80.3 cm³/mol. The summed E-state index contributed by atoms with van der Waals surface area (Å²) < 4.78 is 0. The van der Waals surface area contributed by atoms with Crippen LogP contribution in [0.4, 0.5) is 5.69 Å². The van der Waals surface area contributed by atoms with Gasteiger partial charge in [0.05, 0.1) is 4.92 Å². The molecule has 0 aliphatic heterocycles. The third-order valence-electron chi connectivity index (χ3n) is 3.44. The second-order valence-corrected chi connectivity index (χ2v) is 5.14. The Morgan fingerprint density at radius 1 is 1.43 bits per heavy atom. The zero-order valence-corrected chi connectivity index (χ0v) is 12.5. The van der Waals surface area contributed by atoms with Gasteiger partial charge in [-0.1, -0.05) is 13.3 Å². The molecule has 0 aromatic heterocycles. The highest BCUT2D eigenvalue weighted by molar-refractivity contribution is 5.94. The Balaban J connectivity index is 2.67. The molecule has 6 heteroatoms. The molecule has 6 nitrogen and oxygen atoms in total. The number of nitrogens with zero attached hydrogens (tertiary/aromatic N) is 1. The van der Waals surface area contributed by atoms with Crippen molar-refractivity contribution in [2.45, 2.75) is 33.1 Å². The van der Waals surface area contributed by atoms with Crippen molar-refractivity contribution < 1.29 is 14.8 Å². The number of nitrogens with one attached hydrogen (secondary N) is 1. The molecule has 116 valence electrons. The number of hydrogen-bond donors (Lipinski definition) is 2. The molecule has 0 spiro atoms. The number of aliphatic hydroxyl groups excluding tert-OH is 1. The third-order valence-corrected chi connectivity index (χ3v) is 3.44. The van der Waals surface area contributed by atoms with Gasteiger partial charge in [0.25, 0.3) is 11.6 Å². The van der Waals surface area contributed by atoms with E-state index < -0.39 is 4.92 Å². The average Bonchev–Trinajstić information content (AvgIpc) is 2.44. The van der Waals surface area contributed by atoms with Crippen molar-refractivity contribution in [2.75, 3.05) is 13.2 Å². The number of nitro groups is 1. The van der Waals surface area contributed by atoms with Gasteiger partial charge in [0.2, 0.25) is 0 Å². The Hall–Kier alpha value is -1.95. The topological polar surface area (TPSA) is 92.5 Å². The molecule has 0 heterocycles. The molecule has 21 heavy (non-hydrogen) atoms. The Labute approximate surface area is 124 Å². The van der Waals surface area contributed by atoms with E-state index in [4.69, 9.17) is 5.11 Å². The average molecular weight is 294 g/mol. The molecule has 1 aromatic rings. The highest BCUT2D eigenvalue weighted by atomic mass is 16.6. The number of aryl methyl sites for hydroxylation is 1. The number of carbonyl (C=O) groups is 1. The van der Waals surface area contributed by atoms with Crippen LogP contribution in [0, 0.1) is 23.0 Å². The first-order chi connectivity index (χ1) is 9.99. The summed E-state index contributed by atoms with van der Waals surface area (Å²) in [7, 11) is 0. The molecule has 2 N–H and O–H groups in total. The summed E-state index contributed by atoms with van der Waals surface area (Å²) in [6.07, 6.45) is 2.60. The Bertz CT molecular complexity index is 496. The fraction of sp³-hybridized carbons (Fsp3) is 0.533. The van der Waals surface area contributed by atoms with E-state index in [1.54, 1.807) is 6.92 Å². The normalized spacial score (nSPS) is 12.0. The molecule has 0 unspecified atom stereocenters. The molecule has 0 fully saturated rings. The highest BCUT2D eigenvalue weighted by Crippen LogP contribution is 2.19. The van der Waals surface area contributed by atoms with Gasteiger partial charge >= 0.3 is 0 Å². The lowest BCUT2D eigenvalue weighted by molar-refractivity contribution is -0.385. The van der Waals surface area contributed by atoms with E-state index in [2.05, 4.69) is 12.2 Å². The number of nitro benzene ring substituents is 1. The van der Waals surface area contributed by atoms with E-state index in [0.29, 0.717) is 24.1 Å². The number of benzene rings is 1. The second kappa shape index (κ2) is 8.36. The number of rotatable bonds is 8. The summed E-state index contributed by atoms with van der Waals surface area (Å²) in [5, 5.41) is 22.6. The molecular weight excluding hydrogens is 272 g/mol. The quantitative estimate of drug-likeness (QED) is 0.569. The molecule has 0 aliphatic rings. The predicted octanol–water partition coefficient (Wildman–Crippen LogP) is 2.43. The van der Waals surface area contributed by atoms with Crippen LogP contribution in [0.3, 0.4) is 0 Å². The van der Waals surface area contributed by atoms with Crippen LogP contribution in [0.25, 0.3) is 0 Å². The van der Waals surface area contributed by atoms with E-state index in [0.717, 1.165) is 12.8 Å². The van der Waals surface area contributed by atoms with Crippen LogP contribution < -0.4 is 5.32 Å². The van der Waals surface area contributed by atoms with Crippen LogP contribution in [0.5, 0.6) is 0 Å². The maximum atomic E-state index is 12.0. The van der Waals surface area contributed by atoms with Crippen molar-refractivity contribution in [3.8, 4) is 0 Å². The summed E-state index contributed by atoms with van der Waals surface area (Å²) >= 11 is 0. The third kappa shape index (κ3) is 5.15.